The van der Waals surface area contributed by atoms with Crippen LogP contribution in [0.1, 0.15) is 25.5 Å². The van der Waals surface area contributed by atoms with Crippen LogP contribution in [0.3, 0.4) is 0 Å². The predicted octanol–water partition coefficient (Wildman–Crippen LogP) is 1.41. The number of carbonyl (C=O) groups is 1. The van der Waals surface area contributed by atoms with Crippen molar-refractivity contribution in [2.24, 2.45) is 0 Å². The van der Waals surface area contributed by atoms with Crippen LogP contribution in [0.4, 0.5) is 4.79 Å². The number of ether oxygens (including phenoxy) is 1. The molecule has 0 aliphatic carbocycles. The fraction of sp³-hybridized carbons (Fsp3) is 0.750. The molecule has 0 spiro atoms. The Kier molecular flexibility index (Phi) is 5.51. The average molecular weight is 322 g/mol. The Bertz CT molecular complexity index is 486. The zero-order chi connectivity index (χ0) is 16.1. The molecule has 3 rings (SSSR count). The van der Waals surface area contributed by atoms with Crippen LogP contribution in [-0.2, 0) is 11.3 Å². The zero-order valence-corrected chi connectivity index (χ0v) is 13.8. The number of hydrogen-bond acceptors (Lipinski definition) is 6. The first kappa shape index (κ1) is 16.3. The van der Waals surface area contributed by atoms with Gasteiger partial charge >= 0.3 is 6.09 Å². The van der Waals surface area contributed by atoms with E-state index in [4.69, 9.17) is 9.26 Å². The number of carbonyl (C=O) groups excluding carboxylic acids is 1. The molecule has 0 N–H and O–H groups in total. The number of amides is 1. The number of rotatable bonds is 4. The van der Waals surface area contributed by atoms with Crippen molar-refractivity contribution in [2.75, 3.05) is 45.9 Å². The summed E-state index contributed by atoms with van der Waals surface area (Å²) < 4.78 is 10.00. The molecule has 7 nitrogen and oxygen atoms in total. The van der Waals surface area contributed by atoms with E-state index in [0.29, 0.717) is 12.6 Å². The largest absolute Gasteiger partial charge is 0.450 e. The molecule has 3 heterocycles. The van der Waals surface area contributed by atoms with Gasteiger partial charge in [0.2, 0.25) is 0 Å². The van der Waals surface area contributed by atoms with Crippen LogP contribution in [0.5, 0.6) is 0 Å². The van der Waals surface area contributed by atoms with Gasteiger partial charge in [-0.1, -0.05) is 5.16 Å². The van der Waals surface area contributed by atoms with E-state index in [0.717, 1.165) is 51.5 Å². The summed E-state index contributed by atoms with van der Waals surface area (Å²) in [6.45, 7) is 8.71. The Morgan fingerprint density at radius 2 is 2.17 bits per heavy atom. The summed E-state index contributed by atoms with van der Waals surface area (Å²) in [4.78, 5) is 18.6. The maximum absolute atomic E-state index is 11.8. The van der Waals surface area contributed by atoms with Gasteiger partial charge in [-0.3, -0.25) is 9.80 Å². The molecule has 2 saturated heterocycles. The van der Waals surface area contributed by atoms with Crippen LogP contribution in [0, 0.1) is 0 Å². The molecule has 0 bridgehead atoms. The van der Waals surface area contributed by atoms with Crippen LogP contribution < -0.4 is 0 Å². The number of aromatic nitrogens is 1. The monoisotopic (exact) mass is 322 g/mol. The highest BCUT2D eigenvalue weighted by Gasteiger charge is 2.29. The van der Waals surface area contributed by atoms with Crippen molar-refractivity contribution in [3.63, 3.8) is 0 Å². The molecule has 1 atom stereocenters. The van der Waals surface area contributed by atoms with E-state index in [-0.39, 0.29) is 6.09 Å². The van der Waals surface area contributed by atoms with E-state index in [9.17, 15) is 4.79 Å². The number of likely N-dealkylation sites (tertiary alicyclic amines) is 1. The van der Waals surface area contributed by atoms with Crippen molar-refractivity contribution >= 4 is 6.09 Å². The van der Waals surface area contributed by atoms with Crippen molar-refractivity contribution in [3.8, 4) is 0 Å². The van der Waals surface area contributed by atoms with Gasteiger partial charge in [0, 0.05) is 51.4 Å². The van der Waals surface area contributed by atoms with E-state index < -0.39 is 0 Å². The summed E-state index contributed by atoms with van der Waals surface area (Å²) in [7, 11) is 0. The van der Waals surface area contributed by atoms with Crippen molar-refractivity contribution in [1.82, 2.24) is 19.9 Å². The number of piperidine rings is 1. The van der Waals surface area contributed by atoms with E-state index >= 15 is 0 Å². The molecule has 128 valence electrons. The van der Waals surface area contributed by atoms with Gasteiger partial charge < -0.3 is 14.2 Å². The minimum absolute atomic E-state index is 0.177. The summed E-state index contributed by atoms with van der Waals surface area (Å²) in [6, 6.07) is 2.50. The minimum atomic E-state index is -0.177. The fourth-order valence-electron chi connectivity index (χ4n) is 3.51. The summed E-state index contributed by atoms with van der Waals surface area (Å²) >= 11 is 0. The first-order valence-electron chi connectivity index (χ1n) is 8.53. The summed E-state index contributed by atoms with van der Waals surface area (Å²) in [5, 5.41) is 4.01. The lowest BCUT2D eigenvalue weighted by Crippen LogP contribution is -2.55. The van der Waals surface area contributed by atoms with E-state index in [1.54, 1.807) is 6.26 Å². The predicted molar refractivity (Wildman–Crippen MR) is 85.0 cm³/mol. The Hall–Kier alpha value is -1.60. The molecule has 7 heteroatoms. The van der Waals surface area contributed by atoms with E-state index in [1.807, 2.05) is 17.9 Å². The van der Waals surface area contributed by atoms with Crippen molar-refractivity contribution in [2.45, 2.75) is 32.4 Å². The second-order valence-electron chi connectivity index (χ2n) is 6.24. The molecule has 1 aromatic rings. The molecule has 0 aromatic carbocycles. The molecule has 1 amide bonds. The highest BCUT2D eigenvalue weighted by Crippen LogP contribution is 2.19. The van der Waals surface area contributed by atoms with Gasteiger partial charge in [0.15, 0.2) is 0 Å². The summed E-state index contributed by atoms with van der Waals surface area (Å²) in [5.74, 6) is 0. The smallest absolute Gasteiger partial charge is 0.409 e. The number of nitrogens with zero attached hydrogens (tertiary/aromatic N) is 4. The van der Waals surface area contributed by atoms with Crippen LogP contribution >= 0.6 is 0 Å². The van der Waals surface area contributed by atoms with Gasteiger partial charge in [-0.2, -0.15) is 0 Å². The topological polar surface area (TPSA) is 62.1 Å². The van der Waals surface area contributed by atoms with Crippen LogP contribution in [0.25, 0.3) is 0 Å². The van der Waals surface area contributed by atoms with Crippen LogP contribution in [-0.4, -0.2) is 77.9 Å². The second-order valence-corrected chi connectivity index (χ2v) is 6.24. The normalized spacial score (nSPS) is 23.9. The van der Waals surface area contributed by atoms with Gasteiger partial charge in [0.1, 0.15) is 6.26 Å². The Labute approximate surface area is 137 Å². The lowest BCUT2D eigenvalue weighted by Gasteiger charge is -2.43. The van der Waals surface area contributed by atoms with Crippen molar-refractivity contribution < 1.29 is 14.1 Å². The van der Waals surface area contributed by atoms with Gasteiger partial charge in [0.25, 0.3) is 0 Å². The zero-order valence-electron chi connectivity index (χ0n) is 13.8. The maximum atomic E-state index is 11.8. The van der Waals surface area contributed by atoms with Crippen molar-refractivity contribution in [3.05, 3.63) is 18.0 Å². The number of piperazine rings is 1. The molecular formula is C16H26N4O3. The Balaban J connectivity index is 1.47. The summed E-state index contributed by atoms with van der Waals surface area (Å²) in [5.41, 5.74) is 0.998. The lowest BCUT2D eigenvalue weighted by atomic mass is 10.0. The maximum Gasteiger partial charge on any atom is 0.409 e. The SMILES string of the molecule is CCOC(=O)N1CCN(C2CCCN(Cc3ccon3)C2)CC1. The fourth-order valence-corrected chi connectivity index (χ4v) is 3.51. The molecule has 23 heavy (non-hydrogen) atoms. The third kappa shape index (κ3) is 4.23. The minimum Gasteiger partial charge on any atom is -0.450 e. The van der Waals surface area contributed by atoms with E-state index in [2.05, 4.69) is 15.0 Å². The number of hydrogen-bond donors (Lipinski definition) is 0. The van der Waals surface area contributed by atoms with Gasteiger partial charge in [-0.05, 0) is 26.3 Å². The van der Waals surface area contributed by atoms with Gasteiger partial charge in [0.05, 0.1) is 12.3 Å². The lowest BCUT2D eigenvalue weighted by molar-refractivity contribution is 0.0408. The van der Waals surface area contributed by atoms with Crippen LogP contribution in [0.2, 0.25) is 0 Å². The Morgan fingerprint density at radius 1 is 1.35 bits per heavy atom. The molecular weight excluding hydrogens is 296 g/mol. The third-order valence-corrected chi connectivity index (χ3v) is 4.71. The average Bonchev–Trinajstić information content (AvgIpc) is 3.08. The van der Waals surface area contributed by atoms with Crippen molar-refractivity contribution in [1.29, 1.82) is 0 Å². The molecule has 0 saturated carbocycles. The first-order valence-corrected chi connectivity index (χ1v) is 8.53. The molecule has 2 fully saturated rings. The first-order chi connectivity index (χ1) is 11.3. The quantitative estimate of drug-likeness (QED) is 0.835. The standard InChI is InChI=1S/C16H26N4O3/c1-2-22-16(21)20-9-7-19(8-10-20)15-4-3-6-18(13-15)12-14-5-11-23-17-14/h5,11,15H,2-4,6-10,12-13H2,1H3. The Morgan fingerprint density at radius 3 is 2.87 bits per heavy atom. The highest BCUT2D eigenvalue weighted by molar-refractivity contribution is 5.67. The molecule has 2 aliphatic rings. The van der Waals surface area contributed by atoms with Gasteiger partial charge in [-0.15, -0.1) is 0 Å². The second kappa shape index (κ2) is 7.79. The van der Waals surface area contributed by atoms with Crippen LogP contribution in [0.15, 0.2) is 16.9 Å². The van der Waals surface area contributed by atoms with E-state index in [1.165, 1.54) is 12.8 Å². The molecule has 2 aliphatic heterocycles. The van der Waals surface area contributed by atoms with Gasteiger partial charge in [-0.25, -0.2) is 4.79 Å². The summed E-state index contributed by atoms with van der Waals surface area (Å²) in [6.07, 6.45) is 3.89. The highest BCUT2D eigenvalue weighted by atomic mass is 16.6. The molecule has 1 aromatic heterocycles. The molecule has 0 radical (unpaired) electrons. The molecule has 1 unspecified atom stereocenters. The third-order valence-electron chi connectivity index (χ3n) is 4.71.